The number of esters is 1. The highest BCUT2D eigenvalue weighted by atomic mass is 32.2. The summed E-state index contributed by atoms with van der Waals surface area (Å²) in [6, 6.07) is 7.87. The highest BCUT2D eigenvalue weighted by molar-refractivity contribution is 7.87. The Balaban J connectivity index is 2.09. The third-order valence-corrected chi connectivity index (χ3v) is 4.76. The summed E-state index contributed by atoms with van der Waals surface area (Å²) in [6.45, 7) is 1.22. The molecular formula is C17H15N3O9S. The van der Waals surface area contributed by atoms with Crippen LogP contribution in [0.1, 0.15) is 17.3 Å². The third kappa shape index (κ3) is 5.75. The number of hydrogen-bond acceptors (Lipinski definition) is 9. The van der Waals surface area contributed by atoms with Crippen LogP contribution in [-0.4, -0.2) is 37.4 Å². The van der Waals surface area contributed by atoms with Gasteiger partial charge in [0.25, 0.3) is 11.6 Å². The van der Waals surface area contributed by atoms with E-state index in [1.807, 2.05) is 0 Å². The molecule has 2 aromatic carbocycles. The number of nitrogens with two attached hydrogens (primary N) is 1. The molecule has 0 aliphatic rings. The smallest absolute Gasteiger partial charge is 0.339 e. The van der Waals surface area contributed by atoms with E-state index in [-0.39, 0.29) is 11.3 Å². The second kappa shape index (κ2) is 9.00. The first-order chi connectivity index (χ1) is 14.0. The van der Waals surface area contributed by atoms with Crippen LogP contribution < -0.4 is 15.2 Å². The molecule has 0 spiro atoms. The zero-order valence-corrected chi connectivity index (χ0v) is 16.1. The second-order valence-corrected chi connectivity index (χ2v) is 7.26. The molecule has 0 radical (unpaired) electrons. The number of imide groups is 1. The molecule has 3 amide bonds. The van der Waals surface area contributed by atoms with E-state index in [1.165, 1.54) is 25.1 Å². The highest BCUT2D eigenvalue weighted by Gasteiger charge is 2.22. The molecule has 1 atom stereocenters. The van der Waals surface area contributed by atoms with Crippen molar-refractivity contribution in [2.75, 3.05) is 0 Å². The SMILES string of the molecule is C[C@H](OC(=O)c1ccc(OS(=O)(=O)c2cccc([N+](=O)[O-])c2)cc1)C(=O)NC(N)=O. The summed E-state index contributed by atoms with van der Waals surface area (Å²) >= 11 is 0. The fraction of sp³-hybridized carbons (Fsp3) is 0.118. The molecule has 0 heterocycles. The first-order valence-electron chi connectivity index (χ1n) is 8.10. The summed E-state index contributed by atoms with van der Waals surface area (Å²) in [6.07, 6.45) is -1.31. The second-order valence-electron chi connectivity index (χ2n) is 5.72. The summed E-state index contributed by atoms with van der Waals surface area (Å²) in [4.78, 5) is 43.8. The molecule has 158 valence electrons. The minimum absolute atomic E-state index is 0.0335. The van der Waals surface area contributed by atoms with Gasteiger partial charge in [0.05, 0.1) is 10.5 Å². The van der Waals surface area contributed by atoms with E-state index >= 15 is 0 Å². The maximum Gasteiger partial charge on any atom is 0.339 e. The molecule has 2 aromatic rings. The lowest BCUT2D eigenvalue weighted by molar-refractivity contribution is -0.385. The standard InChI is InChI=1S/C17H15N3O9S/c1-10(15(21)19-17(18)23)28-16(22)11-5-7-13(8-6-11)29-30(26,27)14-4-2-3-12(9-14)20(24)25/h2-10H,1H3,(H3,18,19,21,23)/t10-/m0/s1. The van der Waals surface area contributed by atoms with Gasteiger partial charge < -0.3 is 14.7 Å². The minimum atomic E-state index is -4.36. The van der Waals surface area contributed by atoms with Crippen molar-refractivity contribution in [2.45, 2.75) is 17.9 Å². The maximum absolute atomic E-state index is 12.3. The Hall–Kier alpha value is -4.00. The molecule has 0 unspecified atom stereocenters. The Morgan fingerprint density at radius 1 is 1.13 bits per heavy atom. The van der Waals surface area contributed by atoms with Gasteiger partial charge in [-0.3, -0.25) is 20.2 Å². The van der Waals surface area contributed by atoms with Crippen LogP contribution >= 0.6 is 0 Å². The number of nitro benzene ring substituents is 1. The summed E-state index contributed by atoms with van der Waals surface area (Å²) in [7, 11) is -4.36. The van der Waals surface area contributed by atoms with Gasteiger partial charge in [0, 0.05) is 12.1 Å². The largest absolute Gasteiger partial charge is 0.449 e. The van der Waals surface area contributed by atoms with Gasteiger partial charge in [0.1, 0.15) is 10.6 Å². The molecule has 30 heavy (non-hydrogen) atoms. The summed E-state index contributed by atoms with van der Waals surface area (Å²) in [5.41, 5.74) is 4.34. The van der Waals surface area contributed by atoms with Crippen LogP contribution in [0.15, 0.2) is 53.4 Å². The zero-order valence-electron chi connectivity index (χ0n) is 15.3. The Morgan fingerprint density at radius 2 is 1.77 bits per heavy atom. The number of carbonyl (C=O) groups is 3. The Kier molecular flexibility index (Phi) is 6.69. The first-order valence-corrected chi connectivity index (χ1v) is 9.50. The summed E-state index contributed by atoms with van der Waals surface area (Å²) in [5.74, 6) is -2.01. The maximum atomic E-state index is 12.3. The van der Waals surface area contributed by atoms with Gasteiger partial charge in [0.15, 0.2) is 6.10 Å². The number of benzene rings is 2. The van der Waals surface area contributed by atoms with Gasteiger partial charge in [-0.05, 0) is 37.3 Å². The molecule has 12 nitrogen and oxygen atoms in total. The number of primary amides is 1. The van der Waals surface area contributed by atoms with Gasteiger partial charge in [0.2, 0.25) is 0 Å². The van der Waals surface area contributed by atoms with Crippen molar-refractivity contribution >= 4 is 33.7 Å². The number of nitro groups is 1. The van der Waals surface area contributed by atoms with Crippen LogP contribution in [0.4, 0.5) is 10.5 Å². The summed E-state index contributed by atoms with van der Waals surface area (Å²) in [5, 5.41) is 12.5. The molecule has 0 aromatic heterocycles. The number of amides is 3. The van der Waals surface area contributed by atoms with E-state index < -0.39 is 49.6 Å². The minimum Gasteiger partial charge on any atom is -0.449 e. The monoisotopic (exact) mass is 437 g/mol. The molecule has 3 N–H and O–H groups in total. The lowest BCUT2D eigenvalue weighted by Crippen LogP contribution is -2.42. The van der Waals surface area contributed by atoms with E-state index in [9.17, 15) is 32.9 Å². The Labute approximate surface area is 169 Å². The normalized spacial score (nSPS) is 11.8. The molecule has 0 aliphatic carbocycles. The molecule has 0 fully saturated rings. The van der Waals surface area contributed by atoms with E-state index in [2.05, 4.69) is 0 Å². The fourth-order valence-electron chi connectivity index (χ4n) is 2.08. The quantitative estimate of drug-likeness (QED) is 0.277. The van der Waals surface area contributed by atoms with Crippen molar-refractivity contribution in [3.8, 4) is 5.75 Å². The molecule has 0 saturated heterocycles. The fourth-order valence-corrected chi connectivity index (χ4v) is 3.05. The van der Waals surface area contributed by atoms with Gasteiger partial charge in [-0.25, -0.2) is 9.59 Å². The number of rotatable bonds is 7. The van der Waals surface area contributed by atoms with Gasteiger partial charge in [-0.15, -0.1) is 0 Å². The van der Waals surface area contributed by atoms with Gasteiger partial charge in [-0.2, -0.15) is 8.42 Å². The number of ether oxygens (including phenoxy) is 1. The van der Waals surface area contributed by atoms with Gasteiger partial charge >= 0.3 is 22.1 Å². The lowest BCUT2D eigenvalue weighted by atomic mass is 10.2. The number of carbonyl (C=O) groups excluding carboxylic acids is 3. The molecule has 13 heteroatoms. The van der Waals surface area contributed by atoms with Crippen molar-refractivity contribution in [1.29, 1.82) is 0 Å². The molecule has 2 rings (SSSR count). The van der Waals surface area contributed by atoms with Crippen molar-refractivity contribution in [2.24, 2.45) is 5.73 Å². The van der Waals surface area contributed by atoms with E-state index in [0.29, 0.717) is 0 Å². The predicted molar refractivity (Wildman–Crippen MR) is 100.0 cm³/mol. The Bertz CT molecular complexity index is 1100. The average molecular weight is 437 g/mol. The van der Waals surface area contributed by atoms with Gasteiger partial charge in [-0.1, -0.05) is 6.07 Å². The van der Waals surface area contributed by atoms with Crippen LogP contribution in [0.2, 0.25) is 0 Å². The predicted octanol–water partition coefficient (Wildman–Crippen LogP) is 1.10. The van der Waals surface area contributed by atoms with E-state index in [1.54, 1.807) is 5.32 Å². The molecule has 0 bridgehead atoms. The lowest BCUT2D eigenvalue weighted by Gasteiger charge is -2.12. The highest BCUT2D eigenvalue weighted by Crippen LogP contribution is 2.22. The number of urea groups is 1. The number of nitrogens with one attached hydrogen (secondary N) is 1. The van der Waals surface area contributed by atoms with Crippen LogP contribution in [0.5, 0.6) is 5.75 Å². The van der Waals surface area contributed by atoms with Crippen molar-refractivity contribution in [3.05, 3.63) is 64.2 Å². The zero-order chi connectivity index (χ0) is 22.5. The third-order valence-electron chi connectivity index (χ3n) is 3.51. The molecule has 0 saturated carbocycles. The van der Waals surface area contributed by atoms with Crippen molar-refractivity contribution in [1.82, 2.24) is 5.32 Å². The molecular weight excluding hydrogens is 422 g/mol. The first kappa shape index (κ1) is 22.3. The average Bonchev–Trinajstić information content (AvgIpc) is 2.67. The van der Waals surface area contributed by atoms with Crippen LogP contribution in [0.3, 0.4) is 0 Å². The Morgan fingerprint density at radius 3 is 2.33 bits per heavy atom. The van der Waals surface area contributed by atoms with E-state index in [4.69, 9.17) is 14.7 Å². The number of hydrogen-bond donors (Lipinski definition) is 2. The van der Waals surface area contributed by atoms with Crippen LogP contribution in [-0.2, 0) is 19.6 Å². The summed E-state index contributed by atoms with van der Waals surface area (Å²) < 4.78 is 34.3. The van der Waals surface area contributed by atoms with Crippen molar-refractivity contribution in [3.63, 3.8) is 0 Å². The van der Waals surface area contributed by atoms with Crippen LogP contribution in [0, 0.1) is 10.1 Å². The number of nitrogens with zero attached hydrogens (tertiary/aromatic N) is 1. The van der Waals surface area contributed by atoms with Crippen LogP contribution in [0.25, 0.3) is 0 Å². The van der Waals surface area contributed by atoms with Crippen molar-refractivity contribution < 1.29 is 36.6 Å². The molecule has 0 aliphatic heterocycles. The number of non-ortho nitro benzene ring substituents is 1. The van der Waals surface area contributed by atoms with E-state index in [0.717, 1.165) is 30.3 Å². The topological polar surface area (TPSA) is 185 Å².